The number of esters is 1. The van der Waals surface area contributed by atoms with E-state index in [0.29, 0.717) is 16.3 Å². The number of nitrogens with zero attached hydrogens (tertiary/aromatic N) is 3. The summed E-state index contributed by atoms with van der Waals surface area (Å²) in [6.07, 6.45) is -4.20. The van der Waals surface area contributed by atoms with Crippen molar-refractivity contribution in [2.24, 2.45) is 0 Å². The molecule has 166 valence electrons. The van der Waals surface area contributed by atoms with Crippen LogP contribution < -0.4 is 5.32 Å². The number of carbonyl (C=O) groups is 3. The zero-order chi connectivity index (χ0) is 22.8. The Morgan fingerprint density at radius 1 is 1.26 bits per heavy atom. The molecule has 0 bridgehead atoms. The molecule has 3 rings (SSSR count). The van der Waals surface area contributed by atoms with Gasteiger partial charge in [-0.05, 0) is 38.1 Å². The Morgan fingerprint density at radius 2 is 1.94 bits per heavy atom. The number of benzene rings is 1. The summed E-state index contributed by atoms with van der Waals surface area (Å²) in [7, 11) is 0. The first-order chi connectivity index (χ1) is 14.6. The standard InChI is InChI=1S/C20H21F3N4O4/c1-3-31-19(30)15-11-25-27(12(15)2)14-6-4-13(5-7-14)18(29)26-9-8-24-17(28)10-16(26)20(21,22)23/h4-7,11,16H,3,8-10H2,1-2H3,(H,24,28). The molecule has 0 saturated carbocycles. The van der Waals surface area contributed by atoms with E-state index in [2.05, 4.69) is 10.4 Å². The number of amides is 2. The highest BCUT2D eigenvalue weighted by atomic mass is 19.4. The van der Waals surface area contributed by atoms with Crippen molar-refractivity contribution >= 4 is 17.8 Å². The SMILES string of the molecule is CCOC(=O)c1cnn(-c2ccc(C(=O)N3CCNC(=O)CC3C(F)(F)F)cc2)c1C. The molecular formula is C20H21F3N4O4. The van der Waals surface area contributed by atoms with Gasteiger partial charge in [-0.25, -0.2) is 9.48 Å². The Morgan fingerprint density at radius 3 is 2.55 bits per heavy atom. The number of carbonyl (C=O) groups excluding carboxylic acids is 3. The molecule has 0 radical (unpaired) electrons. The number of ether oxygens (including phenoxy) is 1. The molecule has 8 nitrogen and oxygen atoms in total. The zero-order valence-corrected chi connectivity index (χ0v) is 16.9. The smallest absolute Gasteiger partial charge is 0.409 e. The van der Waals surface area contributed by atoms with E-state index in [0.717, 1.165) is 0 Å². The van der Waals surface area contributed by atoms with Crippen molar-refractivity contribution in [3.05, 3.63) is 47.3 Å². The number of halogens is 3. The van der Waals surface area contributed by atoms with E-state index >= 15 is 0 Å². The molecule has 0 spiro atoms. The zero-order valence-electron chi connectivity index (χ0n) is 16.9. The van der Waals surface area contributed by atoms with Crippen LogP contribution in [0.1, 0.15) is 39.8 Å². The van der Waals surface area contributed by atoms with Crippen LogP contribution in [0, 0.1) is 6.92 Å². The van der Waals surface area contributed by atoms with Crippen LogP contribution in [-0.4, -0.2) is 64.4 Å². The van der Waals surface area contributed by atoms with Crippen LogP contribution in [-0.2, 0) is 9.53 Å². The summed E-state index contributed by atoms with van der Waals surface area (Å²) in [5.41, 5.74) is 1.37. The fourth-order valence-corrected chi connectivity index (χ4v) is 3.36. The summed E-state index contributed by atoms with van der Waals surface area (Å²) in [4.78, 5) is 37.0. The van der Waals surface area contributed by atoms with Gasteiger partial charge in [0.1, 0.15) is 11.6 Å². The van der Waals surface area contributed by atoms with Gasteiger partial charge in [0.05, 0.1) is 30.6 Å². The molecule has 31 heavy (non-hydrogen) atoms. The molecule has 1 N–H and O–H groups in total. The maximum atomic E-state index is 13.5. The van der Waals surface area contributed by atoms with E-state index in [1.807, 2.05) is 0 Å². The minimum absolute atomic E-state index is 0.0442. The Labute approximate surface area is 176 Å². The first kappa shape index (κ1) is 22.3. The Hall–Kier alpha value is -3.37. The van der Waals surface area contributed by atoms with Gasteiger partial charge < -0.3 is 15.0 Å². The van der Waals surface area contributed by atoms with Gasteiger partial charge in [0.25, 0.3) is 5.91 Å². The lowest BCUT2D eigenvalue weighted by atomic mass is 10.1. The van der Waals surface area contributed by atoms with Crippen molar-refractivity contribution in [2.45, 2.75) is 32.5 Å². The molecule has 2 aromatic rings. The van der Waals surface area contributed by atoms with E-state index in [9.17, 15) is 27.6 Å². The molecule has 1 aliphatic rings. The lowest BCUT2D eigenvalue weighted by molar-refractivity contribution is -0.178. The highest BCUT2D eigenvalue weighted by Crippen LogP contribution is 2.29. The summed E-state index contributed by atoms with van der Waals surface area (Å²) in [5, 5.41) is 6.50. The minimum Gasteiger partial charge on any atom is -0.462 e. The summed E-state index contributed by atoms with van der Waals surface area (Å²) >= 11 is 0. The molecule has 2 heterocycles. The maximum absolute atomic E-state index is 13.5. The van der Waals surface area contributed by atoms with E-state index < -0.39 is 36.4 Å². The second-order valence-electron chi connectivity index (χ2n) is 6.93. The van der Waals surface area contributed by atoms with E-state index in [4.69, 9.17) is 4.74 Å². The first-order valence-electron chi connectivity index (χ1n) is 9.60. The van der Waals surface area contributed by atoms with Crippen molar-refractivity contribution in [2.75, 3.05) is 19.7 Å². The van der Waals surface area contributed by atoms with E-state index in [1.54, 1.807) is 13.8 Å². The third kappa shape index (κ3) is 4.70. The fourth-order valence-electron chi connectivity index (χ4n) is 3.36. The summed E-state index contributed by atoms with van der Waals surface area (Å²) in [6, 6.07) is 3.62. The number of nitrogens with one attached hydrogen (secondary N) is 1. The van der Waals surface area contributed by atoms with Crippen LogP contribution in [0.15, 0.2) is 30.5 Å². The molecule has 1 atom stereocenters. The fraction of sp³-hybridized carbons (Fsp3) is 0.400. The Kier molecular flexibility index (Phi) is 6.32. The van der Waals surface area contributed by atoms with Crippen LogP contribution in [0.2, 0.25) is 0 Å². The van der Waals surface area contributed by atoms with E-state index in [1.165, 1.54) is 35.1 Å². The lowest BCUT2D eigenvalue weighted by Crippen LogP contribution is -2.49. The van der Waals surface area contributed by atoms with Crippen molar-refractivity contribution < 1.29 is 32.3 Å². The van der Waals surface area contributed by atoms with Gasteiger partial charge >= 0.3 is 12.1 Å². The minimum atomic E-state index is -4.73. The van der Waals surface area contributed by atoms with Gasteiger partial charge in [0, 0.05) is 18.7 Å². The normalized spacial score (nSPS) is 17.1. The van der Waals surface area contributed by atoms with Crippen LogP contribution in [0.25, 0.3) is 5.69 Å². The van der Waals surface area contributed by atoms with Gasteiger partial charge in [-0.3, -0.25) is 9.59 Å². The molecule has 1 aliphatic heterocycles. The van der Waals surface area contributed by atoms with Gasteiger partial charge in [0.2, 0.25) is 5.91 Å². The van der Waals surface area contributed by atoms with Gasteiger partial charge in [-0.15, -0.1) is 0 Å². The van der Waals surface area contributed by atoms with Crippen molar-refractivity contribution in [3.8, 4) is 5.69 Å². The van der Waals surface area contributed by atoms with Crippen molar-refractivity contribution in [1.29, 1.82) is 0 Å². The van der Waals surface area contributed by atoms with Gasteiger partial charge in [0.15, 0.2) is 0 Å². The number of alkyl halides is 3. The quantitative estimate of drug-likeness (QED) is 0.740. The molecule has 11 heteroatoms. The van der Waals surface area contributed by atoms with Gasteiger partial charge in [-0.1, -0.05) is 0 Å². The predicted molar refractivity (Wildman–Crippen MR) is 103 cm³/mol. The average molecular weight is 438 g/mol. The number of hydrogen-bond acceptors (Lipinski definition) is 5. The second-order valence-corrected chi connectivity index (χ2v) is 6.93. The monoisotopic (exact) mass is 438 g/mol. The molecule has 2 amide bonds. The van der Waals surface area contributed by atoms with Crippen molar-refractivity contribution in [1.82, 2.24) is 20.0 Å². The topological polar surface area (TPSA) is 93.5 Å². The highest BCUT2D eigenvalue weighted by Gasteiger charge is 2.47. The number of aromatic nitrogens is 2. The molecule has 1 aromatic heterocycles. The third-order valence-electron chi connectivity index (χ3n) is 4.93. The highest BCUT2D eigenvalue weighted by molar-refractivity contribution is 5.95. The van der Waals surface area contributed by atoms with Crippen molar-refractivity contribution in [3.63, 3.8) is 0 Å². The summed E-state index contributed by atoms with van der Waals surface area (Å²) in [5.74, 6) is -2.09. The van der Waals surface area contributed by atoms with Crippen LogP contribution in [0.3, 0.4) is 0 Å². The Balaban J connectivity index is 1.85. The molecule has 1 fully saturated rings. The second kappa shape index (κ2) is 8.78. The summed E-state index contributed by atoms with van der Waals surface area (Å²) in [6.45, 7) is 3.27. The maximum Gasteiger partial charge on any atom is 0.409 e. The lowest BCUT2D eigenvalue weighted by Gasteiger charge is -2.30. The first-order valence-corrected chi connectivity index (χ1v) is 9.60. The molecule has 1 saturated heterocycles. The summed E-state index contributed by atoms with van der Waals surface area (Å²) < 4.78 is 46.8. The largest absolute Gasteiger partial charge is 0.462 e. The number of rotatable bonds is 4. The molecular weight excluding hydrogens is 417 g/mol. The Bertz CT molecular complexity index is 985. The van der Waals surface area contributed by atoms with E-state index in [-0.39, 0.29) is 30.8 Å². The molecule has 1 unspecified atom stereocenters. The van der Waals surface area contributed by atoms with Gasteiger partial charge in [-0.2, -0.15) is 18.3 Å². The average Bonchev–Trinajstić information content (AvgIpc) is 2.98. The third-order valence-corrected chi connectivity index (χ3v) is 4.93. The van der Waals surface area contributed by atoms with Crippen LogP contribution in [0.4, 0.5) is 13.2 Å². The van der Waals surface area contributed by atoms with Crippen LogP contribution >= 0.6 is 0 Å². The molecule has 1 aromatic carbocycles. The predicted octanol–water partition coefficient (Wildman–Crippen LogP) is 2.25. The number of hydrogen-bond donors (Lipinski definition) is 1. The van der Waals surface area contributed by atoms with Crippen LogP contribution in [0.5, 0.6) is 0 Å². The molecule has 0 aliphatic carbocycles.